The van der Waals surface area contributed by atoms with Gasteiger partial charge in [-0.15, -0.1) is 0 Å². The first-order chi connectivity index (χ1) is 10.0. The number of nitrogens with zero attached hydrogens (tertiary/aromatic N) is 4. The molecular formula is C14H25N5O2. The molecule has 0 amide bonds. The van der Waals surface area contributed by atoms with Gasteiger partial charge in [-0.25, -0.2) is 4.68 Å². The highest BCUT2D eigenvalue weighted by Crippen LogP contribution is 2.28. The standard InChI is InChI=1S/C14H25N5O2/c1-4-12-13(19(20)21)14(18(3)16-12)15-9-10-17(2)11-7-5-6-8-11/h11,15H,4-10H2,1-3H3. The Balaban J connectivity index is 1.96. The molecule has 2 rings (SSSR count). The molecule has 0 spiro atoms. The summed E-state index contributed by atoms with van der Waals surface area (Å²) < 4.78 is 1.58. The van der Waals surface area contributed by atoms with E-state index < -0.39 is 0 Å². The summed E-state index contributed by atoms with van der Waals surface area (Å²) in [6.07, 6.45) is 5.73. The van der Waals surface area contributed by atoms with Gasteiger partial charge in [-0.05, 0) is 26.3 Å². The molecule has 1 heterocycles. The molecule has 0 aliphatic heterocycles. The molecule has 0 unspecified atom stereocenters. The number of nitrogens with one attached hydrogen (secondary N) is 1. The van der Waals surface area contributed by atoms with E-state index in [0.717, 1.165) is 6.54 Å². The van der Waals surface area contributed by atoms with Crippen molar-refractivity contribution in [3.8, 4) is 0 Å². The third-order valence-electron chi connectivity index (χ3n) is 4.31. The molecule has 0 atom stereocenters. The van der Waals surface area contributed by atoms with E-state index in [1.54, 1.807) is 11.7 Å². The minimum Gasteiger partial charge on any atom is -0.363 e. The fraction of sp³-hybridized carbons (Fsp3) is 0.786. The predicted octanol–water partition coefficient (Wildman–Crippen LogP) is 2.18. The van der Waals surface area contributed by atoms with Gasteiger partial charge in [-0.2, -0.15) is 5.10 Å². The van der Waals surface area contributed by atoms with Crippen LogP contribution in [0.2, 0.25) is 0 Å². The van der Waals surface area contributed by atoms with E-state index >= 15 is 0 Å². The van der Waals surface area contributed by atoms with Crippen LogP contribution in [0.3, 0.4) is 0 Å². The van der Waals surface area contributed by atoms with Crippen molar-refractivity contribution >= 4 is 11.5 Å². The van der Waals surface area contributed by atoms with Crippen molar-refractivity contribution in [2.45, 2.75) is 45.1 Å². The Morgan fingerprint density at radius 3 is 2.71 bits per heavy atom. The van der Waals surface area contributed by atoms with Crippen molar-refractivity contribution in [3.05, 3.63) is 15.8 Å². The molecule has 7 nitrogen and oxygen atoms in total. The fourth-order valence-corrected chi connectivity index (χ4v) is 3.07. The first kappa shape index (κ1) is 15.8. The van der Waals surface area contributed by atoms with Crippen molar-refractivity contribution in [2.24, 2.45) is 7.05 Å². The van der Waals surface area contributed by atoms with E-state index in [1.807, 2.05) is 6.92 Å². The number of hydrogen-bond acceptors (Lipinski definition) is 5. The zero-order chi connectivity index (χ0) is 15.4. The topological polar surface area (TPSA) is 76.2 Å². The molecule has 21 heavy (non-hydrogen) atoms. The Kier molecular flexibility index (Phi) is 5.17. The lowest BCUT2D eigenvalue weighted by atomic mass is 10.2. The summed E-state index contributed by atoms with van der Waals surface area (Å²) in [4.78, 5) is 13.2. The van der Waals surface area contributed by atoms with Crippen molar-refractivity contribution in [3.63, 3.8) is 0 Å². The maximum Gasteiger partial charge on any atom is 0.333 e. The fourth-order valence-electron chi connectivity index (χ4n) is 3.07. The Morgan fingerprint density at radius 2 is 2.14 bits per heavy atom. The van der Waals surface area contributed by atoms with E-state index in [2.05, 4.69) is 22.4 Å². The Labute approximate surface area is 125 Å². The third kappa shape index (κ3) is 3.53. The van der Waals surface area contributed by atoms with Crippen LogP contribution in [-0.4, -0.2) is 45.8 Å². The molecule has 1 aromatic rings. The van der Waals surface area contributed by atoms with Crippen molar-refractivity contribution < 1.29 is 4.92 Å². The first-order valence-corrected chi connectivity index (χ1v) is 7.69. The molecule has 0 saturated heterocycles. The van der Waals surface area contributed by atoms with Gasteiger partial charge in [0.15, 0.2) is 0 Å². The van der Waals surface area contributed by atoms with Crippen LogP contribution in [0, 0.1) is 10.1 Å². The summed E-state index contributed by atoms with van der Waals surface area (Å²) in [6, 6.07) is 0.666. The number of aromatic nitrogens is 2. The Hall–Kier alpha value is -1.63. The number of rotatable bonds is 7. The first-order valence-electron chi connectivity index (χ1n) is 7.69. The summed E-state index contributed by atoms with van der Waals surface area (Å²) in [7, 11) is 3.88. The summed E-state index contributed by atoms with van der Waals surface area (Å²) >= 11 is 0. The van der Waals surface area contributed by atoms with Crippen LogP contribution < -0.4 is 5.32 Å². The minimum absolute atomic E-state index is 0.114. The highest BCUT2D eigenvalue weighted by atomic mass is 16.6. The molecule has 1 saturated carbocycles. The maximum absolute atomic E-state index is 11.2. The largest absolute Gasteiger partial charge is 0.363 e. The van der Waals surface area contributed by atoms with Crippen molar-refractivity contribution in [1.82, 2.24) is 14.7 Å². The number of anilines is 1. The van der Waals surface area contributed by atoms with Gasteiger partial charge < -0.3 is 10.2 Å². The summed E-state index contributed by atoms with van der Waals surface area (Å²) in [5.74, 6) is 0.511. The summed E-state index contributed by atoms with van der Waals surface area (Å²) in [6.45, 7) is 3.46. The lowest BCUT2D eigenvalue weighted by molar-refractivity contribution is -0.384. The molecule has 0 bridgehead atoms. The second-order valence-electron chi connectivity index (χ2n) is 5.72. The molecular weight excluding hydrogens is 270 g/mol. The summed E-state index contributed by atoms with van der Waals surface area (Å²) in [5.41, 5.74) is 0.651. The van der Waals surface area contributed by atoms with E-state index in [4.69, 9.17) is 0 Å². The van der Waals surface area contributed by atoms with E-state index in [9.17, 15) is 10.1 Å². The molecule has 1 aromatic heterocycles. The highest BCUT2D eigenvalue weighted by molar-refractivity contribution is 5.59. The number of likely N-dealkylation sites (N-methyl/N-ethyl adjacent to an activating group) is 1. The average Bonchev–Trinajstić information content (AvgIpc) is 3.06. The molecule has 7 heteroatoms. The van der Waals surface area contributed by atoms with Crippen molar-refractivity contribution in [2.75, 3.05) is 25.5 Å². The third-order valence-corrected chi connectivity index (χ3v) is 4.31. The maximum atomic E-state index is 11.2. The normalized spacial score (nSPS) is 15.8. The van der Waals surface area contributed by atoms with Gasteiger partial charge in [0.05, 0.1) is 4.92 Å². The van der Waals surface area contributed by atoms with Gasteiger partial charge in [0.1, 0.15) is 5.69 Å². The van der Waals surface area contributed by atoms with Crippen LogP contribution >= 0.6 is 0 Å². The molecule has 0 radical (unpaired) electrons. The smallest absolute Gasteiger partial charge is 0.333 e. The summed E-state index contributed by atoms with van der Waals surface area (Å²) in [5, 5.41) is 18.6. The van der Waals surface area contributed by atoms with Gasteiger partial charge in [-0.3, -0.25) is 10.1 Å². The van der Waals surface area contributed by atoms with E-state index in [-0.39, 0.29) is 10.6 Å². The molecule has 1 fully saturated rings. The van der Waals surface area contributed by atoms with Crippen LogP contribution in [0.15, 0.2) is 0 Å². The number of nitro groups is 1. The van der Waals surface area contributed by atoms with Gasteiger partial charge >= 0.3 is 5.69 Å². The van der Waals surface area contributed by atoms with Crippen LogP contribution in [0.1, 0.15) is 38.3 Å². The molecule has 1 N–H and O–H groups in total. The number of aryl methyl sites for hydroxylation is 2. The van der Waals surface area contributed by atoms with Crippen LogP contribution in [0.4, 0.5) is 11.5 Å². The lowest BCUT2D eigenvalue weighted by Crippen LogP contribution is -2.33. The zero-order valence-corrected chi connectivity index (χ0v) is 13.1. The van der Waals surface area contributed by atoms with Crippen molar-refractivity contribution in [1.29, 1.82) is 0 Å². The monoisotopic (exact) mass is 295 g/mol. The van der Waals surface area contributed by atoms with Gasteiger partial charge in [-0.1, -0.05) is 19.8 Å². The highest BCUT2D eigenvalue weighted by Gasteiger charge is 2.25. The SMILES string of the molecule is CCc1nn(C)c(NCCN(C)C2CCCC2)c1[N+](=O)[O-]. The molecule has 118 valence electrons. The van der Waals surface area contributed by atoms with E-state index in [1.165, 1.54) is 25.7 Å². The van der Waals surface area contributed by atoms with E-state index in [0.29, 0.717) is 30.5 Å². The number of hydrogen-bond donors (Lipinski definition) is 1. The van der Waals surface area contributed by atoms with Crippen LogP contribution in [0.25, 0.3) is 0 Å². The zero-order valence-electron chi connectivity index (χ0n) is 13.1. The molecule has 1 aliphatic rings. The quantitative estimate of drug-likeness (QED) is 0.616. The molecule has 0 aromatic carbocycles. The van der Waals surface area contributed by atoms with Crippen LogP contribution in [-0.2, 0) is 13.5 Å². The Morgan fingerprint density at radius 1 is 1.48 bits per heavy atom. The second-order valence-corrected chi connectivity index (χ2v) is 5.72. The minimum atomic E-state index is -0.338. The second kappa shape index (κ2) is 6.89. The Bertz CT molecular complexity index is 494. The van der Waals surface area contributed by atoms with Crippen LogP contribution in [0.5, 0.6) is 0 Å². The average molecular weight is 295 g/mol. The lowest BCUT2D eigenvalue weighted by Gasteiger charge is -2.24. The van der Waals surface area contributed by atoms with Gasteiger partial charge in [0.2, 0.25) is 5.82 Å². The van der Waals surface area contributed by atoms with Gasteiger partial charge in [0.25, 0.3) is 0 Å². The predicted molar refractivity (Wildman–Crippen MR) is 82.6 cm³/mol. The molecule has 1 aliphatic carbocycles. The van der Waals surface area contributed by atoms with Gasteiger partial charge in [0, 0.05) is 26.2 Å².